The maximum absolute atomic E-state index is 12.5. The summed E-state index contributed by atoms with van der Waals surface area (Å²) in [6, 6.07) is 6.08. The molecule has 128 valence electrons. The molecule has 6 heteroatoms. The third-order valence-electron chi connectivity index (χ3n) is 4.23. The van der Waals surface area contributed by atoms with Crippen molar-refractivity contribution in [1.29, 1.82) is 0 Å². The van der Waals surface area contributed by atoms with Crippen molar-refractivity contribution in [3.8, 4) is 0 Å². The quantitative estimate of drug-likeness (QED) is 0.905. The van der Waals surface area contributed by atoms with Crippen LogP contribution in [-0.2, 0) is 17.7 Å². The van der Waals surface area contributed by atoms with Gasteiger partial charge in [-0.1, -0.05) is 25.1 Å². The summed E-state index contributed by atoms with van der Waals surface area (Å²) in [5, 5.41) is 5.85. The highest BCUT2D eigenvalue weighted by Gasteiger charge is 2.16. The molecule has 1 aromatic carbocycles. The molecule has 0 aliphatic carbocycles. The lowest BCUT2D eigenvalue weighted by molar-refractivity contribution is 0.0341. The van der Waals surface area contributed by atoms with Gasteiger partial charge in [0.1, 0.15) is 10.7 Å². The number of aryl methyl sites for hydroxylation is 2. The fraction of sp³-hybridized carbons (Fsp3) is 0.444. The second kappa shape index (κ2) is 7.88. The minimum Gasteiger partial charge on any atom is -0.379 e. The molecule has 5 nitrogen and oxygen atoms in total. The van der Waals surface area contributed by atoms with Crippen molar-refractivity contribution in [3.05, 3.63) is 45.4 Å². The molecular formula is C18H23N3O2S. The lowest BCUT2D eigenvalue weighted by Crippen LogP contribution is -2.35. The van der Waals surface area contributed by atoms with Gasteiger partial charge in [-0.25, -0.2) is 4.98 Å². The van der Waals surface area contributed by atoms with Crippen LogP contribution in [0.2, 0.25) is 0 Å². The molecule has 0 spiro atoms. The number of benzene rings is 1. The summed E-state index contributed by atoms with van der Waals surface area (Å²) in [4.78, 5) is 19.4. The number of carbonyl (C=O) groups excluding carboxylic acids is 1. The number of rotatable bonds is 5. The fourth-order valence-corrected chi connectivity index (χ4v) is 3.63. The van der Waals surface area contributed by atoms with E-state index >= 15 is 0 Å². The Bertz CT molecular complexity index is 708. The molecule has 3 rings (SSSR count). The zero-order chi connectivity index (χ0) is 16.9. The maximum atomic E-state index is 12.5. The molecule has 1 amide bonds. The Morgan fingerprint density at radius 3 is 2.92 bits per heavy atom. The Balaban J connectivity index is 1.68. The smallest absolute Gasteiger partial charge is 0.275 e. The van der Waals surface area contributed by atoms with Gasteiger partial charge in [0.05, 0.1) is 19.8 Å². The number of hydrogen-bond acceptors (Lipinski definition) is 5. The molecule has 2 heterocycles. The number of aromatic nitrogens is 1. The summed E-state index contributed by atoms with van der Waals surface area (Å²) >= 11 is 1.54. The average molecular weight is 345 g/mol. The fourth-order valence-electron chi connectivity index (χ4n) is 2.82. The van der Waals surface area contributed by atoms with Crippen LogP contribution >= 0.6 is 11.3 Å². The Morgan fingerprint density at radius 1 is 1.38 bits per heavy atom. The summed E-state index contributed by atoms with van der Waals surface area (Å²) < 4.78 is 5.36. The largest absolute Gasteiger partial charge is 0.379 e. The van der Waals surface area contributed by atoms with Crippen LogP contribution < -0.4 is 5.32 Å². The second-order valence-corrected chi connectivity index (χ2v) is 6.87. The Hall–Kier alpha value is -1.76. The van der Waals surface area contributed by atoms with Crippen molar-refractivity contribution in [3.63, 3.8) is 0 Å². The predicted molar refractivity (Wildman–Crippen MR) is 96.7 cm³/mol. The van der Waals surface area contributed by atoms with Gasteiger partial charge in [-0.2, -0.15) is 0 Å². The molecule has 2 aromatic rings. The number of nitrogens with zero attached hydrogens (tertiary/aromatic N) is 2. The molecule has 1 N–H and O–H groups in total. The Labute approximate surface area is 146 Å². The molecule has 1 aliphatic heterocycles. The molecule has 0 atom stereocenters. The maximum Gasteiger partial charge on any atom is 0.275 e. The minimum absolute atomic E-state index is 0.136. The first-order chi connectivity index (χ1) is 11.7. The molecule has 1 fully saturated rings. The van der Waals surface area contributed by atoms with Crippen LogP contribution in [-0.4, -0.2) is 42.1 Å². The number of para-hydroxylation sites is 1. The number of nitrogens with one attached hydrogen (secondary N) is 1. The summed E-state index contributed by atoms with van der Waals surface area (Å²) in [5.41, 5.74) is 3.62. The SMILES string of the molecule is CCc1cccc(C)c1NC(=O)c1csc(CN2CCOCC2)n1. The highest BCUT2D eigenvalue weighted by Crippen LogP contribution is 2.22. The first kappa shape index (κ1) is 17.1. The number of ether oxygens (including phenoxy) is 1. The summed E-state index contributed by atoms with van der Waals surface area (Å²) in [5.74, 6) is -0.136. The molecule has 0 saturated carbocycles. The van der Waals surface area contributed by atoms with Crippen LogP contribution in [0.4, 0.5) is 5.69 Å². The van der Waals surface area contributed by atoms with Crippen LogP contribution in [0.25, 0.3) is 0 Å². The summed E-state index contributed by atoms with van der Waals surface area (Å²) in [6.45, 7) is 8.27. The van der Waals surface area contributed by atoms with E-state index in [9.17, 15) is 4.79 Å². The highest BCUT2D eigenvalue weighted by molar-refractivity contribution is 7.09. The topological polar surface area (TPSA) is 54.5 Å². The van der Waals surface area contributed by atoms with E-state index in [1.54, 1.807) is 11.3 Å². The van der Waals surface area contributed by atoms with E-state index in [2.05, 4.69) is 22.1 Å². The summed E-state index contributed by atoms with van der Waals surface area (Å²) in [6.07, 6.45) is 0.886. The van der Waals surface area contributed by atoms with E-state index < -0.39 is 0 Å². The molecule has 24 heavy (non-hydrogen) atoms. The summed E-state index contributed by atoms with van der Waals surface area (Å²) in [7, 11) is 0. The highest BCUT2D eigenvalue weighted by atomic mass is 32.1. The standard InChI is InChI=1S/C18H23N3O2S/c1-3-14-6-4-5-13(2)17(14)20-18(22)15-12-24-16(19-15)11-21-7-9-23-10-8-21/h4-6,12H,3,7-11H2,1-2H3,(H,20,22). The van der Waals surface area contributed by atoms with Gasteiger partial charge < -0.3 is 10.1 Å². The number of morpholine rings is 1. The van der Waals surface area contributed by atoms with Crippen molar-refractivity contribution in [2.75, 3.05) is 31.6 Å². The van der Waals surface area contributed by atoms with Crippen LogP contribution in [0.15, 0.2) is 23.6 Å². The van der Waals surface area contributed by atoms with E-state index in [4.69, 9.17) is 4.74 Å². The van der Waals surface area contributed by atoms with Gasteiger partial charge in [-0.05, 0) is 24.5 Å². The zero-order valence-corrected chi connectivity index (χ0v) is 15.0. The molecule has 0 radical (unpaired) electrons. The van der Waals surface area contributed by atoms with Gasteiger partial charge in [-0.15, -0.1) is 11.3 Å². The van der Waals surface area contributed by atoms with E-state index in [1.165, 1.54) is 0 Å². The van der Waals surface area contributed by atoms with Crippen LogP contribution in [0.1, 0.15) is 33.5 Å². The van der Waals surface area contributed by atoms with E-state index in [0.29, 0.717) is 5.69 Å². The molecule has 0 unspecified atom stereocenters. The van der Waals surface area contributed by atoms with Gasteiger partial charge in [0, 0.05) is 24.2 Å². The molecular weight excluding hydrogens is 322 g/mol. The third-order valence-corrected chi connectivity index (χ3v) is 5.06. The Kier molecular flexibility index (Phi) is 5.60. The van der Waals surface area contributed by atoms with E-state index in [1.807, 2.05) is 30.5 Å². The average Bonchev–Trinajstić information content (AvgIpc) is 3.06. The number of amides is 1. The third kappa shape index (κ3) is 4.01. The van der Waals surface area contributed by atoms with Crippen LogP contribution in [0.3, 0.4) is 0 Å². The lowest BCUT2D eigenvalue weighted by Gasteiger charge is -2.25. The Morgan fingerprint density at radius 2 is 2.17 bits per heavy atom. The molecule has 1 saturated heterocycles. The number of carbonyl (C=O) groups is 1. The van der Waals surface area contributed by atoms with Gasteiger partial charge in [-0.3, -0.25) is 9.69 Å². The molecule has 1 aliphatic rings. The number of anilines is 1. The van der Waals surface area contributed by atoms with Crippen molar-refractivity contribution < 1.29 is 9.53 Å². The van der Waals surface area contributed by atoms with Crippen molar-refractivity contribution in [2.24, 2.45) is 0 Å². The van der Waals surface area contributed by atoms with Crippen molar-refractivity contribution in [2.45, 2.75) is 26.8 Å². The van der Waals surface area contributed by atoms with Gasteiger partial charge in [0.15, 0.2) is 0 Å². The second-order valence-electron chi connectivity index (χ2n) is 5.93. The van der Waals surface area contributed by atoms with Gasteiger partial charge in [0.2, 0.25) is 0 Å². The van der Waals surface area contributed by atoms with E-state index in [-0.39, 0.29) is 5.91 Å². The monoisotopic (exact) mass is 345 g/mol. The molecule has 0 bridgehead atoms. The van der Waals surface area contributed by atoms with Crippen LogP contribution in [0.5, 0.6) is 0 Å². The number of hydrogen-bond donors (Lipinski definition) is 1. The van der Waals surface area contributed by atoms with Crippen LogP contribution in [0, 0.1) is 6.92 Å². The van der Waals surface area contributed by atoms with Crippen molar-refractivity contribution >= 4 is 22.9 Å². The minimum atomic E-state index is -0.136. The van der Waals surface area contributed by atoms with E-state index in [0.717, 1.165) is 61.1 Å². The normalized spacial score (nSPS) is 15.4. The van der Waals surface area contributed by atoms with Gasteiger partial charge >= 0.3 is 0 Å². The first-order valence-electron chi connectivity index (χ1n) is 8.31. The number of thiazole rings is 1. The molecule has 1 aromatic heterocycles. The first-order valence-corrected chi connectivity index (χ1v) is 9.19. The zero-order valence-electron chi connectivity index (χ0n) is 14.2. The predicted octanol–water partition coefficient (Wildman–Crippen LogP) is 3.10. The van der Waals surface area contributed by atoms with Crippen molar-refractivity contribution in [1.82, 2.24) is 9.88 Å². The van der Waals surface area contributed by atoms with Gasteiger partial charge in [0.25, 0.3) is 5.91 Å². The lowest BCUT2D eigenvalue weighted by atomic mass is 10.1.